The second-order valence-electron chi connectivity index (χ2n) is 0. The zero-order valence-corrected chi connectivity index (χ0v) is 3.11. The van der Waals surface area contributed by atoms with E-state index in [0.29, 0.717) is 0 Å². The molecule has 0 saturated carbocycles. The molecule has 0 heterocycles. The largest absolute Gasteiger partial charge is 0.512 e. The van der Waals surface area contributed by atoms with Gasteiger partial charge in [0.2, 0.25) is 0 Å². The SMILES string of the molecule is N.[C-]#N.[Fe]. The molecule has 0 rings (SSSR count). The Labute approximate surface area is 35.9 Å². The predicted molar refractivity (Wildman–Crippen MR) is 9.99 cm³/mol. The van der Waals surface area contributed by atoms with Gasteiger partial charge in [-0.05, 0) is 0 Å². The normalized spacial score (nSPS) is 0.500. The van der Waals surface area contributed by atoms with Crippen LogP contribution in [0.2, 0.25) is 0 Å². The Bertz CT molecular complexity index is 10.8. The molecule has 4 heavy (non-hydrogen) atoms. The van der Waals surface area contributed by atoms with E-state index >= 15 is 0 Å². The van der Waals surface area contributed by atoms with Crippen molar-refractivity contribution < 1.29 is 17.1 Å². The molecule has 0 aromatic heterocycles. The van der Waals surface area contributed by atoms with Crippen LogP contribution in [0.5, 0.6) is 0 Å². The number of hydrogen-bond acceptors (Lipinski definition) is 2. The molecule has 0 amide bonds. The van der Waals surface area contributed by atoms with Gasteiger partial charge in [0.25, 0.3) is 0 Å². The van der Waals surface area contributed by atoms with Crippen LogP contribution >= 0.6 is 0 Å². The Morgan fingerprint density at radius 1 is 1.25 bits per heavy atom. The molecule has 0 unspecified atom stereocenters. The van der Waals surface area contributed by atoms with Crippen molar-refractivity contribution in [3.8, 4) is 0 Å². The molecule has 0 bridgehead atoms. The van der Waals surface area contributed by atoms with Gasteiger partial charge in [-0.3, -0.25) is 0 Å². The van der Waals surface area contributed by atoms with Gasteiger partial charge in [-0.15, -0.1) is 0 Å². The smallest absolute Gasteiger partial charge is 0 e. The minimum Gasteiger partial charge on any atom is -0.512 e. The van der Waals surface area contributed by atoms with E-state index in [1.165, 1.54) is 0 Å². The summed E-state index contributed by atoms with van der Waals surface area (Å²) in [7, 11) is 0. The van der Waals surface area contributed by atoms with E-state index in [0.717, 1.165) is 0 Å². The molecule has 0 fully saturated rings. The van der Waals surface area contributed by atoms with Gasteiger partial charge in [0, 0.05) is 17.1 Å². The summed E-state index contributed by atoms with van der Waals surface area (Å²) in [6.07, 6.45) is 0. The summed E-state index contributed by atoms with van der Waals surface area (Å²) in [6.45, 7) is 4.75. The van der Waals surface area contributed by atoms with Crippen molar-refractivity contribution in [1.82, 2.24) is 6.15 Å². The first kappa shape index (κ1) is 37.2. The maximum absolute atomic E-state index is 6.25. The minimum atomic E-state index is 0. The monoisotopic (exact) mass is 99.0 g/mol. The molecular weight excluding hydrogens is 95.9 g/mol. The van der Waals surface area contributed by atoms with Gasteiger partial charge in [0.15, 0.2) is 0 Å². The van der Waals surface area contributed by atoms with Crippen molar-refractivity contribution in [2.24, 2.45) is 0 Å². The molecule has 2 nitrogen and oxygen atoms in total. The molecule has 0 aliphatic rings. The Balaban J connectivity index is -0.00000000500. The molecule has 0 radical (unpaired) electrons. The first-order chi connectivity index (χ1) is 1.00. The van der Waals surface area contributed by atoms with E-state index in [9.17, 15) is 0 Å². The zero-order valence-electron chi connectivity index (χ0n) is 2.01. The molecule has 0 aromatic rings. The minimum absolute atomic E-state index is 0. The Kier molecular flexibility index (Phi) is 115000. The molecular formula is CH3FeN2-. The quantitative estimate of drug-likeness (QED) is 0.349. The van der Waals surface area contributed by atoms with Crippen LogP contribution in [0.4, 0.5) is 0 Å². The molecule has 0 aliphatic carbocycles. The van der Waals surface area contributed by atoms with Crippen LogP contribution in [-0.2, 0) is 17.1 Å². The summed E-state index contributed by atoms with van der Waals surface area (Å²) < 4.78 is 0. The van der Waals surface area contributed by atoms with Gasteiger partial charge >= 0.3 is 0 Å². The second kappa shape index (κ2) is 12400. The van der Waals surface area contributed by atoms with E-state index in [-0.39, 0.29) is 23.2 Å². The van der Waals surface area contributed by atoms with Crippen molar-refractivity contribution in [2.75, 3.05) is 0 Å². The van der Waals surface area contributed by atoms with Crippen molar-refractivity contribution in [3.63, 3.8) is 0 Å². The fourth-order valence-corrected chi connectivity index (χ4v) is 0. The maximum Gasteiger partial charge on any atom is 0 e. The summed E-state index contributed by atoms with van der Waals surface area (Å²) in [4.78, 5) is 0. The van der Waals surface area contributed by atoms with E-state index < -0.39 is 0 Å². The van der Waals surface area contributed by atoms with Crippen LogP contribution < -0.4 is 6.15 Å². The molecule has 0 atom stereocenters. The Morgan fingerprint density at radius 3 is 1.25 bits per heavy atom. The first-order valence-electron chi connectivity index (χ1n) is 0.224. The summed E-state index contributed by atoms with van der Waals surface area (Å²) in [5, 5.41) is 6.25. The summed E-state index contributed by atoms with van der Waals surface area (Å²) in [6, 6.07) is 0. The summed E-state index contributed by atoms with van der Waals surface area (Å²) >= 11 is 0. The van der Waals surface area contributed by atoms with Gasteiger partial charge in [0.1, 0.15) is 0 Å². The number of rotatable bonds is 0. The molecule has 3 heteroatoms. The van der Waals surface area contributed by atoms with E-state index in [4.69, 9.17) is 11.8 Å². The van der Waals surface area contributed by atoms with Crippen LogP contribution in [0, 0.1) is 11.8 Å². The standard InChI is InChI=1S/CN.Fe.H3N/c1-2;;/h;;1H3/q-1;;. The third-order valence-electron chi connectivity index (χ3n) is 0. The van der Waals surface area contributed by atoms with Crippen LogP contribution in [0.15, 0.2) is 0 Å². The van der Waals surface area contributed by atoms with Gasteiger partial charge < -0.3 is 18.0 Å². The average Bonchev–Trinajstić information content (AvgIpc) is 1.00. The van der Waals surface area contributed by atoms with Gasteiger partial charge in [-0.25, -0.2) is 0 Å². The Morgan fingerprint density at radius 2 is 1.25 bits per heavy atom. The van der Waals surface area contributed by atoms with Gasteiger partial charge in [-0.2, -0.15) is 0 Å². The average molecular weight is 98.9 g/mol. The van der Waals surface area contributed by atoms with Crippen molar-refractivity contribution >= 4 is 0 Å². The zero-order chi connectivity index (χ0) is 2.00. The van der Waals surface area contributed by atoms with Crippen molar-refractivity contribution in [1.29, 1.82) is 5.26 Å². The summed E-state index contributed by atoms with van der Waals surface area (Å²) in [5.74, 6) is 0. The number of nitrogens with zero attached hydrogens (tertiary/aromatic N) is 1. The predicted octanol–water partition coefficient (Wildman–Crippen LogP) is 0.256. The molecule has 0 saturated heterocycles. The third-order valence-corrected chi connectivity index (χ3v) is 0. The summed E-state index contributed by atoms with van der Waals surface area (Å²) in [5.41, 5.74) is 0. The first-order valence-corrected chi connectivity index (χ1v) is 0.224. The van der Waals surface area contributed by atoms with Crippen LogP contribution in [0.25, 0.3) is 0 Å². The maximum atomic E-state index is 6.25. The topological polar surface area (TPSA) is 58.8 Å². The molecule has 26 valence electrons. The van der Waals surface area contributed by atoms with Crippen LogP contribution in [0.1, 0.15) is 0 Å². The van der Waals surface area contributed by atoms with E-state index in [1.54, 1.807) is 0 Å². The van der Waals surface area contributed by atoms with Crippen molar-refractivity contribution in [2.45, 2.75) is 0 Å². The van der Waals surface area contributed by atoms with E-state index in [2.05, 4.69) is 0 Å². The Hall–Kier alpha value is -0.0305. The van der Waals surface area contributed by atoms with Gasteiger partial charge in [-0.1, -0.05) is 0 Å². The third kappa shape index (κ3) is 1990. The second-order valence-corrected chi connectivity index (χ2v) is 0. The van der Waals surface area contributed by atoms with Crippen molar-refractivity contribution in [3.05, 3.63) is 6.57 Å². The fourth-order valence-electron chi connectivity index (χ4n) is 0. The van der Waals surface area contributed by atoms with E-state index in [1.807, 2.05) is 0 Å². The molecule has 3 N–H and O–H groups in total. The molecule has 0 spiro atoms. The van der Waals surface area contributed by atoms with Gasteiger partial charge in [0.05, 0.1) is 0 Å². The van der Waals surface area contributed by atoms with Crippen LogP contribution in [-0.4, -0.2) is 0 Å². The number of hydrogen-bond donors (Lipinski definition) is 1. The molecule has 0 aromatic carbocycles. The molecule has 0 aliphatic heterocycles. The van der Waals surface area contributed by atoms with Crippen LogP contribution in [0.3, 0.4) is 0 Å². The fraction of sp³-hybridized carbons (Fsp3) is 0.